The first-order chi connectivity index (χ1) is 4.83. The number of alkyl halides is 1. The lowest BCUT2D eigenvalue weighted by Gasteiger charge is -2.14. The van der Waals surface area contributed by atoms with E-state index in [0.29, 0.717) is 0 Å². The van der Waals surface area contributed by atoms with Gasteiger partial charge in [-0.05, 0) is 0 Å². The van der Waals surface area contributed by atoms with Crippen molar-refractivity contribution in [2.45, 2.75) is 11.9 Å². The maximum Gasteiger partial charge on any atom is 0.314 e. The summed E-state index contributed by atoms with van der Waals surface area (Å²) >= 11 is 0. The molecule has 1 heterocycles. The van der Waals surface area contributed by atoms with Gasteiger partial charge in [-0.15, -0.1) is 3.63 Å². The molecule has 66 valence electrons. The van der Waals surface area contributed by atoms with Crippen LogP contribution < -0.4 is 0 Å². The topological polar surface area (TPSA) is 77.5 Å². The van der Waals surface area contributed by atoms with Crippen LogP contribution in [0.4, 0.5) is 4.39 Å². The van der Waals surface area contributed by atoms with Crippen molar-refractivity contribution in [3.8, 4) is 0 Å². The van der Waals surface area contributed by atoms with Gasteiger partial charge < -0.3 is 0 Å². The van der Waals surface area contributed by atoms with E-state index in [1.54, 1.807) is 0 Å². The largest absolute Gasteiger partial charge is 0.314 e. The molecule has 0 radical (unpaired) electrons. The first-order valence-corrected chi connectivity index (χ1v) is 5.70. The summed E-state index contributed by atoms with van der Waals surface area (Å²) in [5, 5.41) is 0. The summed E-state index contributed by atoms with van der Waals surface area (Å²) < 4.78 is 57.6. The third-order valence-corrected chi connectivity index (χ3v) is 4.29. The van der Waals surface area contributed by atoms with Crippen molar-refractivity contribution in [1.29, 1.82) is 0 Å². The lowest BCUT2D eigenvalue weighted by atomic mass is 10.5. The quantitative estimate of drug-likeness (QED) is 0.524. The molecule has 0 amide bonds. The maximum absolute atomic E-state index is 12.3. The molecule has 0 spiro atoms. The monoisotopic (exact) mass is 204 g/mol. The molecule has 1 fully saturated rings. The lowest BCUT2D eigenvalue weighted by Crippen LogP contribution is -2.31. The van der Waals surface area contributed by atoms with Crippen LogP contribution in [0.25, 0.3) is 0 Å². The van der Waals surface area contributed by atoms with Gasteiger partial charge in [-0.1, -0.05) is 0 Å². The van der Waals surface area contributed by atoms with E-state index in [-0.39, 0.29) is 0 Å². The van der Waals surface area contributed by atoms with Crippen LogP contribution in [0.3, 0.4) is 0 Å². The molecule has 0 saturated carbocycles. The SMILES string of the molecule is O=S1(=O)CCC(F)S(=O)(=O)O1. The van der Waals surface area contributed by atoms with Crippen molar-refractivity contribution < 1.29 is 24.9 Å². The molecule has 0 aromatic heterocycles. The average molecular weight is 204 g/mol. The summed E-state index contributed by atoms with van der Waals surface area (Å²) in [6.45, 7) is 0. The van der Waals surface area contributed by atoms with Crippen LogP contribution in [-0.4, -0.2) is 28.1 Å². The normalized spacial score (nSPS) is 34.8. The van der Waals surface area contributed by atoms with E-state index in [1.807, 2.05) is 0 Å². The fraction of sp³-hybridized carbons (Fsp3) is 1.00. The second kappa shape index (κ2) is 2.39. The molecule has 1 atom stereocenters. The number of rotatable bonds is 0. The molecule has 11 heavy (non-hydrogen) atoms. The molecule has 0 aromatic rings. The first-order valence-electron chi connectivity index (χ1n) is 2.65. The Morgan fingerprint density at radius 1 is 1.27 bits per heavy atom. The van der Waals surface area contributed by atoms with Gasteiger partial charge in [0.25, 0.3) is 10.1 Å². The minimum Gasteiger partial charge on any atom is -0.227 e. The highest BCUT2D eigenvalue weighted by molar-refractivity contribution is 8.00. The van der Waals surface area contributed by atoms with E-state index in [9.17, 15) is 21.2 Å². The van der Waals surface area contributed by atoms with Gasteiger partial charge in [0.05, 0.1) is 5.75 Å². The van der Waals surface area contributed by atoms with E-state index in [0.717, 1.165) is 0 Å². The van der Waals surface area contributed by atoms with Gasteiger partial charge in [0.15, 0.2) is 0 Å². The van der Waals surface area contributed by atoms with Crippen molar-refractivity contribution in [2.75, 3.05) is 5.75 Å². The smallest absolute Gasteiger partial charge is 0.227 e. The molecule has 0 bridgehead atoms. The Kier molecular flexibility index (Phi) is 1.93. The molecule has 1 aliphatic rings. The Balaban J connectivity index is 3.03. The van der Waals surface area contributed by atoms with Crippen molar-refractivity contribution in [3.63, 3.8) is 0 Å². The molecular weight excluding hydrogens is 199 g/mol. The van der Waals surface area contributed by atoms with Crippen LogP contribution in [0.15, 0.2) is 0 Å². The molecule has 0 aromatic carbocycles. The second-order valence-corrected chi connectivity index (χ2v) is 5.59. The Bertz CT molecular complexity index is 340. The summed E-state index contributed by atoms with van der Waals surface area (Å²) in [7, 11) is -8.57. The highest BCUT2D eigenvalue weighted by Gasteiger charge is 2.38. The molecule has 0 N–H and O–H groups in total. The highest BCUT2D eigenvalue weighted by Crippen LogP contribution is 2.20. The van der Waals surface area contributed by atoms with Crippen molar-refractivity contribution in [1.82, 2.24) is 0 Å². The molecular formula is C3H5FO5S2. The Morgan fingerprint density at radius 3 is 2.18 bits per heavy atom. The second-order valence-electron chi connectivity index (χ2n) is 2.02. The van der Waals surface area contributed by atoms with Gasteiger partial charge in [0, 0.05) is 6.42 Å². The lowest BCUT2D eigenvalue weighted by molar-refractivity contribution is 0.350. The van der Waals surface area contributed by atoms with Crippen LogP contribution in [0.2, 0.25) is 0 Å². The maximum atomic E-state index is 12.3. The molecule has 1 saturated heterocycles. The van der Waals surface area contributed by atoms with Crippen molar-refractivity contribution in [3.05, 3.63) is 0 Å². The van der Waals surface area contributed by atoms with Crippen LogP contribution in [-0.2, 0) is 23.9 Å². The number of hydrogen-bond donors (Lipinski definition) is 0. The van der Waals surface area contributed by atoms with Crippen molar-refractivity contribution >= 4 is 20.2 Å². The van der Waals surface area contributed by atoms with E-state index in [1.165, 1.54) is 0 Å². The summed E-state index contributed by atoms with van der Waals surface area (Å²) in [6.07, 6.45) is -0.551. The fourth-order valence-corrected chi connectivity index (χ4v) is 3.42. The van der Waals surface area contributed by atoms with Crippen LogP contribution >= 0.6 is 0 Å². The zero-order valence-corrected chi connectivity index (χ0v) is 6.86. The third kappa shape index (κ3) is 1.88. The van der Waals surface area contributed by atoms with E-state index in [4.69, 9.17) is 0 Å². The number of halogens is 1. The third-order valence-electron chi connectivity index (χ3n) is 1.11. The molecule has 8 heteroatoms. The van der Waals surface area contributed by atoms with Crippen molar-refractivity contribution in [2.24, 2.45) is 0 Å². The predicted octanol–water partition coefficient (Wildman–Crippen LogP) is -0.638. The standard InChI is InChI=1S/C3H5FO5S2/c4-3-1-2-10(5,6)9-11(3,7)8/h3H,1-2H2. The van der Waals surface area contributed by atoms with E-state index >= 15 is 0 Å². The molecule has 1 rings (SSSR count). The minimum absolute atomic E-state index is 0.551. The van der Waals surface area contributed by atoms with E-state index in [2.05, 4.69) is 3.63 Å². The van der Waals surface area contributed by atoms with Gasteiger partial charge in [-0.3, -0.25) is 0 Å². The van der Waals surface area contributed by atoms with Gasteiger partial charge >= 0.3 is 10.1 Å². The molecule has 5 nitrogen and oxygen atoms in total. The van der Waals surface area contributed by atoms with Gasteiger partial charge in [-0.2, -0.15) is 16.8 Å². The van der Waals surface area contributed by atoms with Crippen LogP contribution in [0.1, 0.15) is 6.42 Å². The number of hydrogen-bond acceptors (Lipinski definition) is 5. The van der Waals surface area contributed by atoms with E-state index < -0.39 is 37.9 Å². The fourth-order valence-electron chi connectivity index (χ4n) is 0.602. The zero-order chi connectivity index (χ0) is 8.70. The van der Waals surface area contributed by atoms with Gasteiger partial charge in [-0.25, -0.2) is 4.39 Å². The summed E-state index contributed by atoms with van der Waals surface area (Å²) in [4.78, 5) is 0. The molecule has 1 aliphatic heterocycles. The molecule has 0 aliphatic carbocycles. The molecule has 1 unspecified atom stereocenters. The average Bonchev–Trinajstić information content (AvgIpc) is 1.77. The van der Waals surface area contributed by atoms with Crippen LogP contribution in [0, 0.1) is 0 Å². The van der Waals surface area contributed by atoms with Gasteiger partial charge in [0.1, 0.15) is 0 Å². The Labute approximate surface area is 63.4 Å². The minimum atomic E-state index is -4.52. The van der Waals surface area contributed by atoms with Gasteiger partial charge in [0.2, 0.25) is 5.50 Å². The Morgan fingerprint density at radius 2 is 1.82 bits per heavy atom. The summed E-state index contributed by atoms with van der Waals surface area (Å²) in [6, 6.07) is 0. The highest BCUT2D eigenvalue weighted by atomic mass is 32.3. The predicted molar refractivity (Wildman–Crippen MR) is 33.3 cm³/mol. The zero-order valence-electron chi connectivity index (χ0n) is 5.23. The summed E-state index contributed by atoms with van der Waals surface area (Å²) in [5.41, 5.74) is -2.22. The Hall–Kier alpha value is -0.210. The van der Waals surface area contributed by atoms with Crippen LogP contribution in [0.5, 0.6) is 0 Å². The summed E-state index contributed by atoms with van der Waals surface area (Å²) in [5.74, 6) is -0.590. The first kappa shape index (κ1) is 8.88.